The van der Waals surface area contributed by atoms with E-state index in [1.807, 2.05) is 23.5 Å². The van der Waals surface area contributed by atoms with Crippen molar-refractivity contribution in [3.05, 3.63) is 146 Å². The standard InChI is InChI=1S/C49H52N6O2S/c1-29-31(3)58-49-44(29)46(50-30(2)47-52-51-32(4)55(47)49)36-14-17-40(18-15-36)53-24-22-37(23-25-53)48(57)54-27-39(28-54)33-10-12-35(13-11-33)45-42(34-8-6-5-7-9-34)20-16-38-26-41(56)19-21-43(38)45/h5-15,17-19,21,26,30,32,37,39,42,45,51,56H,16,20,22-25,27-28H2,1-4H3/t30-,32?,42+,45-/m0/s1. The van der Waals surface area contributed by atoms with Crippen LogP contribution in [0.4, 0.5) is 10.7 Å². The van der Waals surface area contributed by atoms with Crippen LogP contribution in [-0.2, 0) is 11.2 Å². The Kier molecular flexibility index (Phi) is 9.39. The van der Waals surface area contributed by atoms with Crippen LogP contribution in [0.1, 0.15) is 100 Å². The summed E-state index contributed by atoms with van der Waals surface area (Å²) in [5.74, 6) is 2.72. The van der Waals surface area contributed by atoms with Crippen LogP contribution >= 0.6 is 11.3 Å². The number of aryl methyl sites for hydroxylation is 2. The first kappa shape index (κ1) is 36.9. The molecule has 1 amide bonds. The van der Waals surface area contributed by atoms with Crippen LogP contribution in [0.5, 0.6) is 5.75 Å². The first-order valence-electron chi connectivity index (χ1n) is 21.1. The fourth-order valence-corrected chi connectivity index (χ4v) is 11.5. The van der Waals surface area contributed by atoms with E-state index < -0.39 is 0 Å². The molecule has 9 heteroatoms. The Labute approximate surface area is 345 Å². The zero-order valence-electron chi connectivity index (χ0n) is 33.9. The van der Waals surface area contributed by atoms with Gasteiger partial charge in [-0.05, 0) is 117 Å². The minimum absolute atomic E-state index is 0.0546. The third-order valence-electron chi connectivity index (χ3n) is 13.6. The number of likely N-dealkylation sites (tertiary alicyclic amines) is 1. The van der Waals surface area contributed by atoms with Gasteiger partial charge in [0.2, 0.25) is 5.91 Å². The van der Waals surface area contributed by atoms with E-state index in [0.29, 0.717) is 23.5 Å². The minimum Gasteiger partial charge on any atom is -0.508 e. The average Bonchev–Trinajstić information content (AvgIpc) is 3.72. The Morgan fingerprint density at radius 1 is 0.845 bits per heavy atom. The molecule has 10 rings (SSSR count). The summed E-state index contributed by atoms with van der Waals surface area (Å²) in [4.78, 5) is 27.2. The van der Waals surface area contributed by atoms with Gasteiger partial charge in [-0.2, -0.15) is 5.10 Å². The number of phenols is 1. The number of hydrazone groups is 1. The molecule has 5 heterocycles. The molecule has 1 unspecified atom stereocenters. The van der Waals surface area contributed by atoms with Crippen molar-refractivity contribution in [3.63, 3.8) is 0 Å². The third kappa shape index (κ3) is 6.38. The number of hydrogen-bond acceptors (Lipinski definition) is 8. The first-order valence-corrected chi connectivity index (χ1v) is 21.9. The second kappa shape index (κ2) is 14.8. The maximum absolute atomic E-state index is 13.7. The van der Waals surface area contributed by atoms with E-state index in [0.717, 1.165) is 69.0 Å². The number of phenolic OH excluding ortho intramolecular Hbond substituents is 1. The monoisotopic (exact) mass is 788 g/mol. The Morgan fingerprint density at radius 2 is 1.57 bits per heavy atom. The van der Waals surface area contributed by atoms with Gasteiger partial charge in [-0.15, -0.1) is 11.3 Å². The predicted molar refractivity (Wildman–Crippen MR) is 236 cm³/mol. The molecule has 296 valence electrons. The minimum atomic E-state index is -0.0546. The summed E-state index contributed by atoms with van der Waals surface area (Å²) in [6.45, 7) is 12.1. The van der Waals surface area contributed by atoms with Gasteiger partial charge in [-0.3, -0.25) is 20.1 Å². The first-order chi connectivity index (χ1) is 28.2. The van der Waals surface area contributed by atoms with Crippen LogP contribution < -0.4 is 15.2 Å². The molecule has 4 aromatic carbocycles. The lowest BCUT2D eigenvalue weighted by molar-refractivity contribution is -0.140. The van der Waals surface area contributed by atoms with E-state index in [-0.39, 0.29) is 24.0 Å². The summed E-state index contributed by atoms with van der Waals surface area (Å²) < 4.78 is 0. The number of piperidine rings is 1. The Bertz CT molecular complexity index is 2410. The molecular weight excluding hydrogens is 737 g/mol. The van der Waals surface area contributed by atoms with Crippen LogP contribution in [-0.4, -0.2) is 65.8 Å². The number of anilines is 2. The summed E-state index contributed by atoms with van der Waals surface area (Å²) in [5.41, 5.74) is 15.7. The molecule has 2 saturated heterocycles. The molecule has 0 saturated carbocycles. The largest absolute Gasteiger partial charge is 0.508 e. The third-order valence-corrected chi connectivity index (χ3v) is 14.9. The fraction of sp³-hybridized carbons (Fsp3) is 0.367. The normalized spacial score (nSPS) is 23.2. The van der Waals surface area contributed by atoms with Crippen molar-refractivity contribution >= 4 is 39.5 Å². The molecule has 5 aromatic rings. The number of rotatable bonds is 6. The molecule has 58 heavy (non-hydrogen) atoms. The number of thiophene rings is 1. The fourth-order valence-electron chi connectivity index (χ4n) is 10.2. The molecule has 2 fully saturated rings. The quantitative estimate of drug-likeness (QED) is 0.180. The van der Waals surface area contributed by atoms with Crippen LogP contribution in [0.2, 0.25) is 0 Å². The van der Waals surface area contributed by atoms with E-state index >= 15 is 0 Å². The summed E-state index contributed by atoms with van der Waals surface area (Å²) in [6.07, 6.45) is 3.88. The van der Waals surface area contributed by atoms with Crippen molar-refractivity contribution in [1.29, 1.82) is 0 Å². The number of hydrogen-bond donors (Lipinski definition) is 2. The van der Waals surface area contributed by atoms with Gasteiger partial charge >= 0.3 is 0 Å². The highest BCUT2D eigenvalue weighted by atomic mass is 32.1. The van der Waals surface area contributed by atoms with E-state index in [9.17, 15) is 9.90 Å². The molecule has 5 aliphatic rings. The number of aliphatic imine (C=N–C) groups is 1. The van der Waals surface area contributed by atoms with Gasteiger partial charge in [0.05, 0.1) is 5.71 Å². The van der Waals surface area contributed by atoms with E-state index in [1.54, 1.807) is 0 Å². The number of carbonyl (C=O) groups is 1. The van der Waals surface area contributed by atoms with Crippen molar-refractivity contribution in [2.24, 2.45) is 16.0 Å². The van der Waals surface area contributed by atoms with Crippen molar-refractivity contribution in [2.75, 3.05) is 36.0 Å². The van der Waals surface area contributed by atoms with Crippen molar-refractivity contribution in [3.8, 4) is 5.75 Å². The molecule has 1 aromatic heterocycles. The number of benzene rings is 4. The topological polar surface area (TPSA) is 83.8 Å². The van der Waals surface area contributed by atoms with Gasteiger partial charge < -0.3 is 14.9 Å². The highest BCUT2D eigenvalue weighted by Gasteiger charge is 2.39. The van der Waals surface area contributed by atoms with Crippen LogP contribution in [0.25, 0.3) is 0 Å². The number of aromatic hydroxyl groups is 1. The van der Waals surface area contributed by atoms with E-state index in [2.05, 4.69) is 138 Å². The summed E-state index contributed by atoms with van der Waals surface area (Å²) >= 11 is 1.83. The number of nitrogens with zero attached hydrogens (tertiary/aromatic N) is 5. The molecule has 8 nitrogen and oxygen atoms in total. The molecule has 2 N–H and O–H groups in total. The zero-order chi connectivity index (χ0) is 39.7. The lowest BCUT2D eigenvalue weighted by Gasteiger charge is -2.43. The van der Waals surface area contributed by atoms with Crippen molar-refractivity contribution in [1.82, 2.24) is 10.3 Å². The molecule has 4 atom stereocenters. The number of carbonyl (C=O) groups excluding carboxylic acids is 1. The lowest BCUT2D eigenvalue weighted by Crippen LogP contribution is -2.52. The molecule has 0 bridgehead atoms. The van der Waals surface area contributed by atoms with Gasteiger partial charge in [0.1, 0.15) is 23.0 Å². The second-order valence-corrected chi connectivity index (χ2v) is 18.3. The van der Waals surface area contributed by atoms with Gasteiger partial charge in [0, 0.05) is 65.6 Å². The van der Waals surface area contributed by atoms with Crippen LogP contribution in [0.3, 0.4) is 0 Å². The zero-order valence-corrected chi connectivity index (χ0v) is 34.7. The Hall–Kier alpha value is -5.41. The van der Waals surface area contributed by atoms with E-state index in [4.69, 9.17) is 4.99 Å². The van der Waals surface area contributed by atoms with Crippen LogP contribution in [0.15, 0.2) is 107 Å². The molecule has 1 aliphatic carbocycles. The summed E-state index contributed by atoms with van der Waals surface area (Å²) in [7, 11) is 0. The lowest BCUT2D eigenvalue weighted by atomic mass is 9.69. The number of amidine groups is 1. The highest BCUT2D eigenvalue weighted by Crippen LogP contribution is 2.47. The average molecular weight is 789 g/mol. The van der Waals surface area contributed by atoms with Gasteiger partial charge in [0.15, 0.2) is 5.84 Å². The van der Waals surface area contributed by atoms with Crippen molar-refractivity contribution < 1.29 is 9.90 Å². The maximum Gasteiger partial charge on any atom is 0.225 e. The SMILES string of the molecule is Cc1sc2c(c1C)C(c1ccc(N3CCC(C(=O)N4CC(c5ccc([C@@H]6c7ccc(O)cc7CC[C@@H]6c6ccccc6)cc5)C4)CC3)cc1)=N[C@@H](C)C1=NNC(C)N12. The van der Waals surface area contributed by atoms with Crippen molar-refractivity contribution in [2.45, 2.75) is 83.3 Å². The van der Waals surface area contributed by atoms with Gasteiger partial charge in [0.25, 0.3) is 0 Å². The molecule has 0 radical (unpaired) electrons. The van der Waals surface area contributed by atoms with Gasteiger partial charge in [-0.25, -0.2) is 0 Å². The number of amides is 1. The van der Waals surface area contributed by atoms with E-state index in [1.165, 1.54) is 54.5 Å². The van der Waals surface area contributed by atoms with Crippen LogP contribution in [0, 0.1) is 19.8 Å². The smallest absolute Gasteiger partial charge is 0.225 e. The summed E-state index contributed by atoms with van der Waals surface area (Å²) in [6, 6.07) is 34.9. The number of nitrogens with one attached hydrogen (secondary N) is 1. The highest BCUT2D eigenvalue weighted by molar-refractivity contribution is 7.17. The second-order valence-electron chi connectivity index (χ2n) is 17.1. The Morgan fingerprint density at radius 3 is 2.31 bits per heavy atom. The molecular formula is C49H52N6O2S. The Balaban J connectivity index is 0.770. The van der Waals surface area contributed by atoms with Gasteiger partial charge in [-0.1, -0.05) is 72.8 Å². The molecule has 0 spiro atoms. The molecule has 4 aliphatic heterocycles. The maximum atomic E-state index is 13.7. The number of fused-ring (bicyclic) bond motifs is 4. The predicted octanol–water partition coefficient (Wildman–Crippen LogP) is 9.08. The summed E-state index contributed by atoms with van der Waals surface area (Å²) in [5, 5.41) is 16.1.